The summed E-state index contributed by atoms with van der Waals surface area (Å²) in [7, 11) is 0. The summed E-state index contributed by atoms with van der Waals surface area (Å²) in [5.74, 6) is -0.0491. The van der Waals surface area contributed by atoms with Crippen molar-refractivity contribution < 1.29 is 9.59 Å². The molecule has 1 saturated carbocycles. The number of nitrogens with zero attached hydrogens (tertiary/aromatic N) is 1. The lowest BCUT2D eigenvalue weighted by Crippen LogP contribution is -2.39. The van der Waals surface area contributed by atoms with Gasteiger partial charge in [-0.05, 0) is 77.9 Å². The Hall–Kier alpha value is -3.12. The van der Waals surface area contributed by atoms with E-state index in [4.69, 9.17) is 23.2 Å². The fourth-order valence-corrected chi connectivity index (χ4v) is 5.23. The van der Waals surface area contributed by atoms with Crippen molar-refractivity contribution >= 4 is 46.3 Å². The van der Waals surface area contributed by atoms with Gasteiger partial charge in [0.25, 0.3) is 5.91 Å². The maximum atomic E-state index is 14.0. The maximum absolute atomic E-state index is 14.0. The molecule has 3 aromatic rings. The summed E-state index contributed by atoms with van der Waals surface area (Å²) in [6.07, 6.45) is 2.77. The first kappa shape index (κ1) is 25.5. The number of benzene rings is 3. The van der Waals surface area contributed by atoms with Gasteiger partial charge >= 0.3 is 0 Å². The van der Waals surface area contributed by atoms with Gasteiger partial charge in [-0.25, -0.2) is 0 Å². The predicted molar refractivity (Wildman–Crippen MR) is 151 cm³/mol. The molecule has 0 bridgehead atoms. The largest absolute Gasteiger partial charge is 0.332 e. The van der Waals surface area contributed by atoms with Gasteiger partial charge in [-0.3, -0.25) is 9.59 Å². The molecule has 5 rings (SSSR count). The molecule has 3 aromatic carbocycles. The minimum Gasteiger partial charge on any atom is -0.332 e. The molecule has 2 aliphatic rings. The van der Waals surface area contributed by atoms with Crippen LogP contribution in [-0.4, -0.2) is 35.8 Å². The van der Waals surface area contributed by atoms with E-state index in [0.29, 0.717) is 23.1 Å². The first-order valence-electron chi connectivity index (χ1n) is 12.6. The van der Waals surface area contributed by atoms with Crippen molar-refractivity contribution in [2.45, 2.75) is 38.8 Å². The molecule has 1 fully saturated rings. The van der Waals surface area contributed by atoms with E-state index in [9.17, 15) is 9.59 Å². The van der Waals surface area contributed by atoms with Gasteiger partial charge in [-0.1, -0.05) is 65.7 Å². The molecule has 0 spiro atoms. The van der Waals surface area contributed by atoms with Crippen LogP contribution in [0.15, 0.2) is 72.3 Å². The zero-order valence-electron chi connectivity index (χ0n) is 20.7. The van der Waals surface area contributed by atoms with Crippen LogP contribution in [0.2, 0.25) is 10.0 Å². The van der Waals surface area contributed by atoms with Crippen LogP contribution in [0, 0.1) is 0 Å². The summed E-state index contributed by atoms with van der Waals surface area (Å²) >= 11 is 12.7. The third-order valence-corrected chi connectivity index (χ3v) is 7.68. The second-order valence-corrected chi connectivity index (χ2v) is 10.4. The Labute approximate surface area is 227 Å². The number of carbonyl (C=O) groups excluding carboxylic acids is 2. The van der Waals surface area contributed by atoms with E-state index >= 15 is 0 Å². The number of rotatable bonds is 7. The molecular weight excluding hydrogens is 505 g/mol. The SMILES string of the molecule is CC(=O)Nc1cccc(-c2cccc(C3=C(C(=O)N(Cc4cccc(Cl)c4Cl)C4CC4)CNCC3)c2)c1. The van der Waals surface area contributed by atoms with Crippen molar-refractivity contribution in [2.75, 3.05) is 18.4 Å². The highest BCUT2D eigenvalue weighted by Crippen LogP contribution is 2.36. The summed E-state index contributed by atoms with van der Waals surface area (Å²) < 4.78 is 0. The highest BCUT2D eigenvalue weighted by atomic mass is 35.5. The Balaban J connectivity index is 1.48. The molecule has 0 unspecified atom stereocenters. The lowest BCUT2D eigenvalue weighted by atomic mass is 9.91. The topological polar surface area (TPSA) is 61.4 Å². The standard InChI is InChI=1S/C30H29Cl2N3O2/c1-19(36)34-24-9-3-6-21(16-24)20-5-2-7-22(15-20)26-13-14-33-17-27(26)30(37)35(25-11-12-25)18-23-8-4-10-28(31)29(23)32/h2-10,15-16,25,33H,11-14,17-18H2,1H3,(H,34,36). The molecular formula is C30H29Cl2N3O2. The number of hydrogen-bond acceptors (Lipinski definition) is 3. The molecule has 0 aromatic heterocycles. The molecule has 37 heavy (non-hydrogen) atoms. The smallest absolute Gasteiger partial charge is 0.251 e. The zero-order valence-corrected chi connectivity index (χ0v) is 22.2. The van der Waals surface area contributed by atoms with Crippen molar-refractivity contribution in [3.8, 4) is 11.1 Å². The Morgan fingerprint density at radius 3 is 2.43 bits per heavy atom. The average Bonchev–Trinajstić information content (AvgIpc) is 3.74. The minimum atomic E-state index is -0.104. The number of carbonyl (C=O) groups is 2. The third kappa shape index (κ3) is 5.90. The van der Waals surface area contributed by atoms with Crippen molar-refractivity contribution in [3.05, 3.63) is 93.5 Å². The summed E-state index contributed by atoms with van der Waals surface area (Å²) in [6, 6.07) is 21.9. The van der Waals surface area contributed by atoms with Gasteiger partial charge in [0.05, 0.1) is 10.0 Å². The van der Waals surface area contributed by atoms with E-state index in [-0.39, 0.29) is 17.9 Å². The van der Waals surface area contributed by atoms with Crippen LogP contribution in [0.1, 0.15) is 37.3 Å². The summed E-state index contributed by atoms with van der Waals surface area (Å²) in [5, 5.41) is 7.25. The lowest BCUT2D eigenvalue weighted by molar-refractivity contribution is -0.128. The Kier molecular flexibility index (Phi) is 7.65. The van der Waals surface area contributed by atoms with Crippen LogP contribution in [0.5, 0.6) is 0 Å². The van der Waals surface area contributed by atoms with Crippen LogP contribution in [0.25, 0.3) is 16.7 Å². The summed E-state index contributed by atoms with van der Waals surface area (Å²) in [4.78, 5) is 27.4. The van der Waals surface area contributed by atoms with Gasteiger partial charge in [-0.15, -0.1) is 0 Å². The molecule has 190 valence electrons. The monoisotopic (exact) mass is 533 g/mol. The first-order chi connectivity index (χ1) is 17.9. The van der Waals surface area contributed by atoms with E-state index in [1.807, 2.05) is 47.4 Å². The number of amides is 2. The van der Waals surface area contributed by atoms with Crippen LogP contribution in [0.4, 0.5) is 5.69 Å². The van der Waals surface area contributed by atoms with Crippen LogP contribution in [0.3, 0.4) is 0 Å². The Morgan fingerprint density at radius 1 is 0.973 bits per heavy atom. The van der Waals surface area contributed by atoms with Gasteiger partial charge in [-0.2, -0.15) is 0 Å². The quantitative estimate of drug-likeness (QED) is 0.361. The van der Waals surface area contributed by atoms with Gasteiger partial charge in [0, 0.05) is 37.3 Å². The molecule has 5 nitrogen and oxygen atoms in total. The molecule has 2 amide bonds. The number of hydrogen-bond donors (Lipinski definition) is 2. The molecule has 0 radical (unpaired) electrons. The van der Waals surface area contributed by atoms with E-state index in [2.05, 4.69) is 28.8 Å². The fourth-order valence-electron chi connectivity index (χ4n) is 4.85. The van der Waals surface area contributed by atoms with Gasteiger partial charge in [0.1, 0.15) is 0 Å². The van der Waals surface area contributed by atoms with E-state index in [1.54, 1.807) is 6.07 Å². The van der Waals surface area contributed by atoms with E-state index < -0.39 is 0 Å². The first-order valence-corrected chi connectivity index (χ1v) is 13.3. The Morgan fingerprint density at radius 2 is 1.68 bits per heavy atom. The van der Waals surface area contributed by atoms with Crippen LogP contribution < -0.4 is 10.6 Å². The van der Waals surface area contributed by atoms with Gasteiger partial charge in [0.15, 0.2) is 0 Å². The highest BCUT2D eigenvalue weighted by Gasteiger charge is 2.35. The van der Waals surface area contributed by atoms with E-state index in [1.165, 1.54) is 6.92 Å². The van der Waals surface area contributed by atoms with Crippen molar-refractivity contribution in [1.29, 1.82) is 0 Å². The van der Waals surface area contributed by atoms with Crippen molar-refractivity contribution in [1.82, 2.24) is 10.2 Å². The van der Waals surface area contributed by atoms with Crippen molar-refractivity contribution in [3.63, 3.8) is 0 Å². The Bertz CT molecular complexity index is 1380. The second-order valence-electron chi connectivity index (χ2n) is 9.60. The minimum absolute atomic E-state index is 0.0544. The number of nitrogens with one attached hydrogen (secondary N) is 2. The number of anilines is 1. The van der Waals surface area contributed by atoms with Gasteiger partial charge < -0.3 is 15.5 Å². The summed E-state index contributed by atoms with van der Waals surface area (Å²) in [6.45, 7) is 3.29. The second kappa shape index (κ2) is 11.1. The van der Waals surface area contributed by atoms with E-state index in [0.717, 1.165) is 64.9 Å². The molecule has 0 atom stereocenters. The normalized spacial score (nSPS) is 15.4. The summed E-state index contributed by atoms with van der Waals surface area (Å²) in [5.41, 5.74) is 6.59. The molecule has 2 N–H and O–H groups in total. The predicted octanol–water partition coefficient (Wildman–Crippen LogP) is 6.56. The fraction of sp³-hybridized carbons (Fsp3) is 0.267. The lowest BCUT2D eigenvalue weighted by Gasteiger charge is -2.28. The average molecular weight is 534 g/mol. The number of halogens is 2. The van der Waals surface area contributed by atoms with Crippen LogP contribution >= 0.6 is 23.2 Å². The molecule has 1 aliphatic heterocycles. The highest BCUT2D eigenvalue weighted by molar-refractivity contribution is 6.42. The molecule has 1 aliphatic carbocycles. The van der Waals surface area contributed by atoms with Gasteiger partial charge in [0.2, 0.25) is 5.91 Å². The zero-order chi connectivity index (χ0) is 25.9. The maximum Gasteiger partial charge on any atom is 0.251 e. The van der Waals surface area contributed by atoms with Crippen molar-refractivity contribution in [2.24, 2.45) is 0 Å². The van der Waals surface area contributed by atoms with Crippen LogP contribution in [-0.2, 0) is 16.1 Å². The molecule has 1 heterocycles. The molecule has 7 heteroatoms. The third-order valence-electron chi connectivity index (χ3n) is 6.82. The molecule has 0 saturated heterocycles.